The molecule has 0 bridgehead atoms. The fourth-order valence-corrected chi connectivity index (χ4v) is 2.63. The average Bonchev–Trinajstić information content (AvgIpc) is 3.06. The van der Waals surface area contributed by atoms with Gasteiger partial charge in [0.15, 0.2) is 0 Å². The number of carbonyl (C=O) groups is 1. The van der Waals surface area contributed by atoms with E-state index in [4.69, 9.17) is 14.0 Å². The number of nitrogens with one attached hydrogen (secondary N) is 1. The van der Waals surface area contributed by atoms with Gasteiger partial charge < -0.3 is 19.3 Å². The third kappa shape index (κ3) is 4.66. The maximum atomic E-state index is 12.0. The van der Waals surface area contributed by atoms with E-state index in [1.54, 1.807) is 13.0 Å². The second-order valence-electron chi connectivity index (χ2n) is 5.96. The van der Waals surface area contributed by atoms with Crippen LogP contribution in [-0.2, 0) is 22.6 Å². The summed E-state index contributed by atoms with van der Waals surface area (Å²) < 4.78 is 16.2. The zero-order valence-corrected chi connectivity index (χ0v) is 13.8. The molecule has 0 aliphatic carbocycles. The van der Waals surface area contributed by atoms with Crippen LogP contribution in [0.2, 0.25) is 0 Å². The SMILES string of the molecule is Cc1cc(C(=O)NCc2cccc(COC3CCOCC3)c2)on1. The van der Waals surface area contributed by atoms with Gasteiger partial charge in [0.25, 0.3) is 5.91 Å². The number of nitrogens with zero attached hydrogens (tertiary/aromatic N) is 1. The highest BCUT2D eigenvalue weighted by atomic mass is 16.5. The Morgan fingerprint density at radius 1 is 1.29 bits per heavy atom. The molecule has 1 amide bonds. The Morgan fingerprint density at radius 3 is 2.83 bits per heavy atom. The van der Waals surface area contributed by atoms with Gasteiger partial charge in [-0.3, -0.25) is 4.79 Å². The van der Waals surface area contributed by atoms with Gasteiger partial charge in [0.2, 0.25) is 5.76 Å². The van der Waals surface area contributed by atoms with Gasteiger partial charge >= 0.3 is 0 Å². The van der Waals surface area contributed by atoms with Crippen molar-refractivity contribution in [1.29, 1.82) is 0 Å². The Morgan fingerprint density at radius 2 is 2.08 bits per heavy atom. The molecule has 24 heavy (non-hydrogen) atoms. The zero-order valence-electron chi connectivity index (χ0n) is 13.8. The van der Waals surface area contributed by atoms with Crippen molar-refractivity contribution in [3.8, 4) is 0 Å². The van der Waals surface area contributed by atoms with Crippen molar-refractivity contribution < 1.29 is 18.8 Å². The van der Waals surface area contributed by atoms with Crippen LogP contribution >= 0.6 is 0 Å². The lowest BCUT2D eigenvalue weighted by molar-refractivity contribution is -0.0390. The van der Waals surface area contributed by atoms with E-state index in [-0.39, 0.29) is 17.8 Å². The van der Waals surface area contributed by atoms with Crippen LogP contribution in [-0.4, -0.2) is 30.4 Å². The number of rotatable bonds is 6. The normalized spacial score (nSPS) is 15.4. The summed E-state index contributed by atoms with van der Waals surface area (Å²) in [7, 11) is 0. The van der Waals surface area contributed by atoms with Gasteiger partial charge in [-0.15, -0.1) is 0 Å². The minimum atomic E-state index is -0.264. The van der Waals surface area contributed by atoms with E-state index in [9.17, 15) is 4.79 Å². The number of ether oxygens (including phenoxy) is 2. The second kappa shape index (κ2) is 8.08. The standard InChI is InChI=1S/C18H22N2O4/c1-13-9-17(24-20-13)18(21)19-11-14-3-2-4-15(10-14)12-23-16-5-7-22-8-6-16/h2-4,9-10,16H,5-8,11-12H2,1H3,(H,19,21). The fraction of sp³-hybridized carbons (Fsp3) is 0.444. The molecule has 6 nitrogen and oxygen atoms in total. The quantitative estimate of drug-likeness (QED) is 0.881. The minimum absolute atomic E-state index is 0.228. The summed E-state index contributed by atoms with van der Waals surface area (Å²) in [4.78, 5) is 12.0. The lowest BCUT2D eigenvalue weighted by atomic mass is 10.1. The van der Waals surface area contributed by atoms with Crippen molar-refractivity contribution in [2.45, 2.75) is 39.0 Å². The molecule has 1 aliphatic heterocycles. The Bertz CT molecular complexity index is 677. The molecule has 6 heteroatoms. The summed E-state index contributed by atoms with van der Waals surface area (Å²) in [5, 5.41) is 6.55. The molecule has 2 aromatic rings. The predicted octanol–water partition coefficient (Wildman–Crippen LogP) is 2.61. The van der Waals surface area contributed by atoms with E-state index in [1.165, 1.54) is 0 Å². The van der Waals surface area contributed by atoms with Crippen LogP contribution in [0.5, 0.6) is 0 Å². The molecule has 1 N–H and O–H groups in total. The number of hydrogen-bond donors (Lipinski definition) is 1. The minimum Gasteiger partial charge on any atom is -0.381 e. The van der Waals surface area contributed by atoms with E-state index in [0.29, 0.717) is 18.8 Å². The van der Waals surface area contributed by atoms with Gasteiger partial charge in [-0.25, -0.2) is 0 Å². The molecule has 128 valence electrons. The summed E-state index contributed by atoms with van der Waals surface area (Å²) >= 11 is 0. The van der Waals surface area contributed by atoms with Gasteiger partial charge in [-0.05, 0) is 30.9 Å². The van der Waals surface area contributed by atoms with Gasteiger partial charge in [0.05, 0.1) is 18.4 Å². The van der Waals surface area contributed by atoms with Crippen molar-refractivity contribution in [3.05, 3.63) is 52.9 Å². The van der Waals surface area contributed by atoms with Crippen LogP contribution in [0.25, 0.3) is 0 Å². The molecule has 3 rings (SSSR count). The smallest absolute Gasteiger partial charge is 0.290 e. The van der Waals surface area contributed by atoms with Gasteiger partial charge in [-0.1, -0.05) is 29.4 Å². The van der Waals surface area contributed by atoms with Crippen molar-refractivity contribution >= 4 is 5.91 Å². The molecule has 0 atom stereocenters. The first-order chi connectivity index (χ1) is 11.7. The largest absolute Gasteiger partial charge is 0.381 e. The van der Waals surface area contributed by atoms with E-state index in [0.717, 1.165) is 37.2 Å². The van der Waals surface area contributed by atoms with Crippen molar-refractivity contribution in [2.24, 2.45) is 0 Å². The molecule has 1 saturated heterocycles. The Kier molecular flexibility index (Phi) is 5.61. The Hall–Kier alpha value is -2.18. The van der Waals surface area contributed by atoms with Gasteiger partial charge in [-0.2, -0.15) is 0 Å². The number of amides is 1. The lowest BCUT2D eigenvalue weighted by Crippen LogP contribution is -2.23. The molecule has 0 unspecified atom stereocenters. The number of carbonyl (C=O) groups excluding carboxylic acids is 1. The number of benzene rings is 1. The highest BCUT2D eigenvalue weighted by Crippen LogP contribution is 2.14. The Balaban J connectivity index is 1.50. The summed E-state index contributed by atoms with van der Waals surface area (Å²) in [6, 6.07) is 9.65. The molecule has 1 aromatic heterocycles. The summed E-state index contributed by atoms with van der Waals surface area (Å²) in [5.41, 5.74) is 2.81. The zero-order chi connectivity index (χ0) is 16.8. The topological polar surface area (TPSA) is 73.6 Å². The van der Waals surface area contributed by atoms with Crippen LogP contribution in [0.4, 0.5) is 0 Å². The van der Waals surface area contributed by atoms with Crippen molar-refractivity contribution in [1.82, 2.24) is 10.5 Å². The monoisotopic (exact) mass is 330 g/mol. The predicted molar refractivity (Wildman–Crippen MR) is 87.5 cm³/mol. The van der Waals surface area contributed by atoms with Crippen LogP contribution < -0.4 is 5.32 Å². The summed E-state index contributed by atoms with van der Waals surface area (Å²) in [5.74, 6) is -0.0361. The Labute approximate surface area is 141 Å². The molecular weight excluding hydrogens is 308 g/mol. The average molecular weight is 330 g/mol. The first-order valence-corrected chi connectivity index (χ1v) is 8.19. The number of aryl methyl sites for hydroxylation is 1. The molecule has 0 spiro atoms. The second-order valence-corrected chi connectivity index (χ2v) is 5.96. The molecule has 1 aliphatic rings. The van der Waals surface area contributed by atoms with E-state index in [1.807, 2.05) is 24.3 Å². The number of hydrogen-bond acceptors (Lipinski definition) is 5. The van der Waals surface area contributed by atoms with Gasteiger partial charge in [0.1, 0.15) is 0 Å². The highest BCUT2D eigenvalue weighted by molar-refractivity contribution is 5.91. The van der Waals surface area contributed by atoms with E-state index in [2.05, 4.69) is 10.5 Å². The molecule has 2 heterocycles. The van der Waals surface area contributed by atoms with Crippen molar-refractivity contribution in [3.63, 3.8) is 0 Å². The first kappa shape index (κ1) is 16.7. The molecule has 1 aromatic carbocycles. The van der Waals surface area contributed by atoms with Gasteiger partial charge in [0, 0.05) is 25.8 Å². The van der Waals surface area contributed by atoms with Crippen LogP contribution in [0.1, 0.15) is 40.2 Å². The van der Waals surface area contributed by atoms with Crippen LogP contribution in [0.15, 0.2) is 34.9 Å². The summed E-state index contributed by atoms with van der Waals surface area (Å²) in [6.07, 6.45) is 2.18. The maximum absolute atomic E-state index is 12.0. The van der Waals surface area contributed by atoms with Crippen LogP contribution in [0.3, 0.4) is 0 Å². The molecule has 0 saturated carbocycles. The maximum Gasteiger partial charge on any atom is 0.290 e. The lowest BCUT2D eigenvalue weighted by Gasteiger charge is -2.22. The fourth-order valence-electron chi connectivity index (χ4n) is 2.63. The number of aromatic nitrogens is 1. The third-order valence-electron chi connectivity index (χ3n) is 3.95. The summed E-state index contributed by atoms with van der Waals surface area (Å²) in [6.45, 7) is 4.34. The van der Waals surface area contributed by atoms with E-state index < -0.39 is 0 Å². The molecule has 0 radical (unpaired) electrons. The molecule has 1 fully saturated rings. The van der Waals surface area contributed by atoms with Crippen molar-refractivity contribution in [2.75, 3.05) is 13.2 Å². The van der Waals surface area contributed by atoms with Crippen LogP contribution in [0, 0.1) is 6.92 Å². The van der Waals surface area contributed by atoms with E-state index >= 15 is 0 Å². The highest BCUT2D eigenvalue weighted by Gasteiger charge is 2.14. The first-order valence-electron chi connectivity index (χ1n) is 8.19. The third-order valence-corrected chi connectivity index (χ3v) is 3.95. The molecular formula is C18H22N2O4.